The molecular formula is C18H13N3O3. The number of imidazole rings is 1. The van der Waals surface area contributed by atoms with Crippen LogP contribution in [0.25, 0.3) is 22.6 Å². The van der Waals surface area contributed by atoms with Gasteiger partial charge in [-0.05, 0) is 35.9 Å². The molecule has 0 radical (unpaired) electrons. The van der Waals surface area contributed by atoms with Crippen molar-refractivity contribution >= 4 is 17.1 Å². The van der Waals surface area contributed by atoms with E-state index in [0.717, 1.165) is 16.9 Å². The van der Waals surface area contributed by atoms with Crippen LogP contribution in [0.5, 0.6) is 0 Å². The lowest BCUT2D eigenvalue weighted by molar-refractivity contribution is 0.0697. The van der Waals surface area contributed by atoms with Gasteiger partial charge in [0.05, 0.1) is 5.56 Å². The van der Waals surface area contributed by atoms with Gasteiger partial charge in [-0.2, -0.15) is 0 Å². The summed E-state index contributed by atoms with van der Waals surface area (Å²) in [6, 6.07) is 12.3. The zero-order valence-corrected chi connectivity index (χ0v) is 12.6. The average Bonchev–Trinajstić information content (AvgIpc) is 3.24. The normalized spacial score (nSPS) is 11.0. The number of fused-ring (bicyclic) bond motifs is 1. The Bertz CT molecular complexity index is 1020. The standard InChI is InChI=1S/C18H13N3O3/c22-18(23)13-3-1-2-12(10-13)17-21-14-5-4-11(8-15(14)24-17)9-16-19-6-7-20-16/h1-8,10H,9H2,(H,19,20)(H,22,23). The smallest absolute Gasteiger partial charge is 0.335 e. The lowest BCUT2D eigenvalue weighted by atomic mass is 10.1. The number of carbonyl (C=O) groups is 1. The lowest BCUT2D eigenvalue weighted by Crippen LogP contribution is -1.95. The lowest BCUT2D eigenvalue weighted by Gasteiger charge is -1.98. The van der Waals surface area contributed by atoms with E-state index in [-0.39, 0.29) is 5.56 Å². The Morgan fingerprint density at radius 1 is 1.21 bits per heavy atom. The van der Waals surface area contributed by atoms with Crippen molar-refractivity contribution in [3.63, 3.8) is 0 Å². The number of hydrogen-bond acceptors (Lipinski definition) is 4. The van der Waals surface area contributed by atoms with E-state index in [1.54, 1.807) is 30.6 Å². The van der Waals surface area contributed by atoms with E-state index in [0.29, 0.717) is 23.5 Å². The number of hydrogen-bond donors (Lipinski definition) is 2. The van der Waals surface area contributed by atoms with Crippen LogP contribution in [0.1, 0.15) is 21.7 Å². The van der Waals surface area contributed by atoms with Crippen LogP contribution in [0.2, 0.25) is 0 Å². The maximum atomic E-state index is 11.1. The molecule has 2 N–H and O–H groups in total. The molecule has 0 saturated carbocycles. The highest BCUT2D eigenvalue weighted by atomic mass is 16.4. The Morgan fingerprint density at radius 3 is 2.92 bits per heavy atom. The van der Waals surface area contributed by atoms with Crippen molar-refractivity contribution < 1.29 is 14.3 Å². The molecule has 0 bridgehead atoms. The fourth-order valence-electron chi connectivity index (χ4n) is 2.58. The van der Waals surface area contributed by atoms with Gasteiger partial charge in [-0.1, -0.05) is 12.1 Å². The van der Waals surface area contributed by atoms with Crippen LogP contribution in [0.3, 0.4) is 0 Å². The van der Waals surface area contributed by atoms with E-state index in [4.69, 9.17) is 9.52 Å². The summed E-state index contributed by atoms with van der Waals surface area (Å²) in [5, 5.41) is 9.09. The number of oxazole rings is 1. The molecule has 2 aromatic carbocycles. The van der Waals surface area contributed by atoms with Crippen molar-refractivity contribution in [2.45, 2.75) is 6.42 Å². The molecular weight excluding hydrogens is 306 g/mol. The fraction of sp³-hybridized carbons (Fsp3) is 0.0556. The monoisotopic (exact) mass is 319 g/mol. The van der Waals surface area contributed by atoms with Crippen molar-refractivity contribution in [2.75, 3.05) is 0 Å². The third-order valence-corrected chi connectivity index (χ3v) is 3.74. The van der Waals surface area contributed by atoms with E-state index in [2.05, 4.69) is 15.0 Å². The molecule has 0 spiro atoms. The molecule has 6 heteroatoms. The molecule has 0 unspecified atom stereocenters. The number of aromatic nitrogens is 3. The molecule has 118 valence electrons. The van der Waals surface area contributed by atoms with Gasteiger partial charge >= 0.3 is 5.97 Å². The number of rotatable bonds is 4. The van der Waals surface area contributed by atoms with Crippen LogP contribution in [0.4, 0.5) is 0 Å². The van der Waals surface area contributed by atoms with Gasteiger partial charge in [0.25, 0.3) is 0 Å². The van der Waals surface area contributed by atoms with E-state index in [9.17, 15) is 4.79 Å². The summed E-state index contributed by atoms with van der Waals surface area (Å²) in [7, 11) is 0. The number of aromatic carboxylic acids is 1. The molecule has 24 heavy (non-hydrogen) atoms. The zero-order valence-electron chi connectivity index (χ0n) is 12.6. The van der Waals surface area contributed by atoms with Crippen LogP contribution in [0, 0.1) is 0 Å². The molecule has 0 atom stereocenters. The van der Waals surface area contributed by atoms with Gasteiger partial charge in [0, 0.05) is 24.4 Å². The Balaban J connectivity index is 1.70. The fourth-order valence-corrected chi connectivity index (χ4v) is 2.58. The first-order valence-electron chi connectivity index (χ1n) is 7.40. The summed E-state index contributed by atoms with van der Waals surface area (Å²) in [5.74, 6) is 0.306. The van der Waals surface area contributed by atoms with E-state index >= 15 is 0 Å². The second-order valence-electron chi connectivity index (χ2n) is 5.42. The molecule has 0 aliphatic heterocycles. The first kappa shape index (κ1) is 14.2. The van der Waals surface area contributed by atoms with Crippen molar-refractivity contribution in [3.05, 3.63) is 71.8 Å². The van der Waals surface area contributed by atoms with Crippen molar-refractivity contribution in [1.82, 2.24) is 15.0 Å². The number of carboxylic acids is 1. The second-order valence-corrected chi connectivity index (χ2v) is 5.42. The second kappa shape index (κ2) is 5.66. The van der Waals surface area contributed by atoms with Crippen LogP contribution in [-0.2, 0) is 6.42 Å². The van der Waals surface area contributed by atoms with E-state index in [1.807, 2.05) is 18.2 Å². The highest BCUT2D eigenvalue weighted by molar-refractivity contribution is 5.89. The molecule has 2 aromatic heterocycles. The predicted molar refractivity (Wildman–Crippen MR) is 87.8 cm³/mol. The van der Waals surface area contributed by atoms with E-state index in [1.165, 1.54) is 6.07 Å². The topological polar surface area (TPSA) is 92.0 Å². The number of nitrogens with one attached hydrogen (secondary N) is 1. The SMILES string of the molecule is O=C(O)c1cccc(-c2nc3ccc(Cc4ncc[nH]4)cc3o2)c1. The largest absolute Gasteiger partial charge is 0.478 e. The molecule has 0 aliphatic carbocycles. The Hall–Kier alpha value is -3.41. The van der Waals surface area contributed by atoms with Crippen molar-refractivity contribution in [3.8, 4) is 11.5 Å². The maximum absolute atomic E-state index is 11.1. The first-order valence-corrected chi connectivity index (χ1v) is 7.40. The molecule has 2 heterocycles. The zero-order chi connectivity index (χ0) is 16.5. The number of aromatic amines is 1. The third kappa shape index (κ3) is 2.65. The van der Waals surface area contributed by atoms with Gasteiger partial charge < -0.3 is 14.5 Å². The number of nitrogens with zero attached hydrogens (tertiary/aromatic N) is 2. The first-order chi connectivity index (χ1) is 11.7. The third-order valence-electron chi connectivity index (χ3n) is 3.74. The summed E-state index contributed by atoms with van der Waals surface area (Å²) in [5.41, 5.74) is 3.29. The van der Waals surface area contributed by atoms with Crippen LogP contribution < -0.4 is 0 Å². The highest BCUT2D eigenvalue weighted by Crippen LogP contribution is 2.26. The number of benzene rings is 2. The van der Waals surface area contributed by atoms with Crippen LogP contribution in [-0.4, -0.2) is 26.0 Å². The minimum Gasteiger partial charge on any atom is -0.478 e. The average molecular weight is 319 g/mol. The molecule has 4 aromatic rings. The van der Waals surface area contributed by atoms with Crippen LogP contribution >= 0.6 is 0 Å². The van der Waals surface area contributed by atoms with Gasteiger partial charge in [0.2, 0.25) is 5.89 Å². The molecule has 0 aliphatic rings. The number of carboxylic acid groups (broad SMARTS) is 1. The predicted octanol–water partition coefficient (Wildman–Crippen LogP) is 3.51. The molecule has 6 nitrogen and oxygen atoms in total. The summed E-state index contributed by atoms with van der Waals surface area (Å²) >= 11 is 0. The van der Waals surface area contributed by atoms with Crippen LogP contribution in [0.15, 0.2) is 59.3 Å². The van der Waals surface area contributed by atoms with Gasteiger partial charge in [0.15, 0.2) is 5.58 Å². The van der Waals surface area contributed by atoms with Gasteiger partial charge in [-0.3, -0.25) is 0 Å². The van der Waals surface area contributed by atoms with E-state index < -0.39 is 5.97 Å². The van der Waals surface area contributed by atoms with Gasteiger partial charge in [-0.25, -0.2) is 14.8 Å². The molecule has 4 rings (SSSR count). The van der Waals surface area contributed by atoms with Gasteiger partial charge in [-0.15, -0.1) is 0 Å². The summed E-state index contributed by atoms with van der Waals surface area (Å²) < 4.78 is 5.81. The van der Waals surface area contributed by atoms with Gasteiger partial charge in [0.1, 0.15) is 11.3 Å². The molecule has 0 amide bonds. The van der Waals surface area contributed by atoms with Crippen molar-refractivity contribution in [1.29, 1.82) is 0 Å². The Labute approximate surface area is 136 Å². The maximum Gasteiger partial charge on any atom is 0.335 e. The Kier molecular flexibility index (Phi) is 3.35. The molecule has 0 saturated heterocycles. The summed E-state index contributed by atoms with van der Waals surface area (Å²) in [6.07, 6.45) is 4.18. The molecule has 0 fully saturated rings. The minimum atomic E-state index is -0.978. The number of H-pyrrole nitrogens is 1. The van der Waals surface area contributed by atoms with Crippen molar-refractivity contribution in [2.24, 2.45) is 0 Å². The summed E-state index contributed by atoms with van der Waals surface area (Å²) in [4.78, 5) is 22.8. The summed E-state index contributed by atoms with van der Waals surface area (Å²) in [6.45, 7) is 0. The highest BCUT2D eigenvalue weighted by Gasteiger charge is 2.11. The Morgan fingerprint density at radius 2 is 2.12 bits per heavy atom. The quantitative estimate of drug-likeness (QED) is 0.600. The minimum absolute atomic E-state index is 0.202.